The highest BCUT2D eigenvalue weighted by Crippen LogP contribution is 2.38. The maximum absolute atomic E-state index is 10.6. The van der Waals surface area contributed by atoms with E-state index >= 15 is 0 Å². The van der Waals surface area contributed by atoms with E-state index in [4.69, 9.17) is 14.4 Å². The van der Waals surface area contributed by atoms with Gasteiger partial charge in [-0.15, -0.1) is 0 Å². The summed E-state index contributed by atoms with van der Waals surface area (Å²) in [4.78, 5) is 9.61. The number of aliphatic hydroxyl groups excluding tert-OH is 1. The molecule has 0 spiro atoms. The molecular formula is C23H36N2O2Si. The Balaban J connectivity index is 2.45. The summed E-state index contributed by atoms with van der Waals surface area (Å²) in [5, 5.41) is 10.6. The Labute approximate surface area is 171 Å². The lowest BCUT2D eigenvalue weighted by Crippen LogP contribution is -2.34. The van der Waals surface area contributed by atoms with Gasteiger partial charge in [0.2, 0.25) is 0 Å². The van der Waals surface area contributed by atoms with Gasteiger partial charge in [-0.2, -0.15) is 0 Å². The molecule has 0 aromatic carbocycles. The molecule has 0 aliphatic carbocycles. The van der Waals surface area contributed by atoms with Gasteiger partial charge in [-0.1, -0.05) is 53.7 Å². The number of nitrogens with zero attached hydrogens (tertiary/aromatic N) is 2. The molecule has 0 bridgehead atoms. The van der Waals surface area contributed by atoms with Crippen LogP contribution in [-0.4, -0.2) is 23.4 Å². The summed E-state index contributed by atoms with van der Waals surface area (Å²) < 4.78 is 6.50. The van der Waals surface area contributed by atoms with Crippen LogP contribution in [0.5, 0.6) is 0 Å². The summed E-state index contributed by atoms with van der Waals surface area (Å²) >= 11 is 0. The van der Waals surface area contributed by atoms with Gasteiger partial charge < -0.3 is 9.53 Å². The summed E-state index contributed by atoms with van der Waals surface area (Å²) in [6.45, 7) is 19.2. The van der Waals surface area contributed by atoms with Crippen molar-refractivity contribution in [3.8, 4) is 11.4 Å². The van der Waals surface area contributed by atoms with Gasteiger partial charge in [0.05, 0.1) is 28.9 Å². The van der Waals surface area contributed by atoms with E-state index in [0.717, 1.165) is 17.1 Å². The van der Waals surface area contributed by atoms with Crippen LogP contribution in [0, 0.1) is 10.8 Å². The molecule has 1 N–H and O–H groups in total. The molecule has 154 valence electrons. The number of pyridine rings is 2. The molecule has 5 heteroatoms. The van der Waals surface area contributed by atoms with E-state index in [-0.39, 0.29) is 16.9 Å². The molecule has 2 atom stereocenters. The van der Waals surface area contributed by atoms with Gasteiger partial charge >= 0.3 is 0 Å². The van der Waals surface area contributed by atoms with Crippen molar-refractivity contribution >= 4 is 8.32 Å². The Morgan fingerprint density at radius 1 is 0.786 bits per heavy atom. The monoisotopic (exact) mass is 400 g/mol. The third-order valence-corrected chi connectivity index (χ3v) is 5.37. The minimum atomic E-state index is -1.74. The second-order valence-electron chi connectivity index (χ2n) is 10.6. The zero-order valence-electron chi connectivity index (χ0n) is 18.9. The van der Waals surface area contributed by atoms with Crippen LogP contribution in [0.4, 0.5) is 0 Å². The van der Waals surface area contributed by atoms with Crippen LogP contribution in [0.15, 0.2) is 36.4 Å². The van der Waals surface area contributed by atoms with E-state index in [1.807, 2.05) is 57.2 Å². The van der Waals surface area contributed by atoms with Crippen molar-refractivity contribution < 1.29 is 9.53 Å². The molecule has 0 radical (unpaired) electrons. The van der Waals surface area contributed by atoms with Crippen LogP contribution >= 0.6 is 0 Å². The van der Waals surface area contributed by atoms with E-state index in [0.29, 0.717) is 5.69 Å². The average Bonchev–Trinajstić information content (AvgIpc) is 2.57. The Morgan fingerprint density at radius 3 is 1.68 bits per heavy atom. The van der Waals surface area contributed by atoms with E-state index in [1.165, 1.54) is 0 Å². The molecule has 0 aliphatic heterocycles. The highest BCUT2D eigenvalue weighted by molar-refractivity contribution is 6.69. The number of hydrogen-bond donors (Lipinski definition) is 1. The average molecular weight is 401 g/mol. The van der Waals surface area contributed by atoms with Crippen LogP contribution < -0.4 is 0 Å². The molecule has 0 saturated carbocycles. The van der Waals surface area contributed by atoms with Crippen molar-refractivity contribution in [3.63, 3.8) is 0 Å². The minimum absolute atomic E-state index is 0.0659. The number of rotatable bonds is 5. The normalized spacial score (nSPS) is 15.4. The molecule has 2 heterocycles. The van der Waals surface area contributed by atoms with E-state index in [2.05, 4.69) is 40.4 Å². The topological polar surface area (TPSA) is 55.2 Å². The predicted octanol–water partition coefficient (Wildman–Crippen LogP) is 6.16. The SMILES string of the molecule is CC(C)(C)[C@H](O)c1cccc(-c2cccc([C@@H](O[Si](C)(C)C)C(C)(C)C)n2)n1. The first-order chi connectivity index (χ1) is 12.7. The van der Waals surface area contributed by atoms with Gasteiger partial charge in [0, 0.05) is 0 Å². The van der Waals surface area contributed by atoms with Crippen LogP contribution in [-0.2, 0) is 4.43 Å². The molecule has 4 nitrogen and oxygen atoms in total. The minimum Gasteiger partial charge on any atom is -0.409 e. The molecule has 0 aliphatic rings. The second kappa shape index (κ2) is 8.05. The van der Waals surface area contributed by atoms with E-state index in [1.54, 1.807) is 0 Å². The fourth-order valence-electron chi connectivity index (χ4n) is 2.96. The highest BCUT2D eigenvalue weighted by atomic mass is 28.4. The number of hydrogen-bond acceptors (Lipinski definition) is 4. The van der Waals surface area contributed by atoms with Crippen molar-refractivity contribution in [1.82, 2.24) is 9.97 Å². The van der Waals surface area contributed by atoms with E-state index in [9.17, 15) is 5.11 Å². The van der Waals surface area contributed by atoms with E-state index < -0.39 is 14.4 Å². The molecular weight excluding hydrogens is 364 g/mol. The maximum atomic E-state index is 10.6. The maximum Gasteiger partial charge on any atom is 0.184 e. The quantitative estimate of drug-likeness (QED) is 0.610. The predicted molar refractivity (Wildman–Crippen MR) is 119 cm³/mol. The number of aliphatic hydroxyl groups is 1. The lowest BCUT2D eigenvalue weighted by atomic mass is 9.86. The van der Waals surface area contributed by atoms with Gasteiger partial charge in [-0.25, -0.2) is 9.97 Å². The Kier molecular flexibility index (Phi) is 6.53. The second-order valence-corrected chi connectivity index (χ2v) is 15.1. The fourth-order valence-corrected chi connectivity index (χ4v) is 4.15. The van der Waals surface area contributed by atoms with Crippen LogP contribution in [0.25, 0.3) is 11.4 Å². The van der Waals surface area contributed by atoms with Crippen molar-refractivity contribution in [1.29, 1.82) is 0 Å². The Morgan fingerprint density at radius 2 is 1.25 bits per heavy atom. The standard InChI is InChI=1S/C23H36N2O2Si/c1-22(2,3)20(26)18-14-10-12-16(24-18)17-13-11-15-19(25-17)21(23(4,5)6)27-28(7,8)9/h10-15,20-21,26H,1-9H3/t20-,21-/m1/s1. The highest BCUT2D eigenvalue weighted by Gasteiger charge is 2.33. The van der Waals surface area contributed by atoms with Crippen molar-refractivity contribution in [2.24, 2.45) is 10.8 Å². The van der Waals surface area contributed by atoms with Crippen LogP contribution in [0.3, 0.4) is 0 Å². The van der Waals surface area contributed by atoms with Crippen molar-refractivity contribution in [2.75, 3.05) is 0 Å². The first-order valence-electron chi connectivity index (χ1n) is 9.99. The van der Waals surface area contributed by atoms with Gasteiger partial charge in [-0.05, 0) is 54.7 Å². The smallest absolute Gasteiger partial charge is 0.184 e. The summed E-state index contributed by atoms with van der Waals surface area (Å²) in [6, 6.07) is 11.8. The molecule has 2 rings (SSSR count). The van der Waals surface area contributed by atoms with Crippen LogP contribution in [0.1, 0.15) is 65.1 Å². The lowest BCUT2D eigenvalue weighted by Gasteiger charge is -2.35. The van der Waals surface area contributed by atoms with Crippen molar-refractivity contribution in [2.45, 2.75) is 73.4 Å². The van der Waals surface area contributed by atoms with Gasteiger partial charge in [-0.3, -0.25) is 0 Å². The molecule has 2 aromatic heterocycles. The molecule has 0 unspecified atom stereocenters. The first kappa shape index (κ1) is 22.7. The molecule has 2 aromatic rings. The van der Waals surface area contributed by atoms with Gasteiger partial charge in [0.25, 0.3) is 0 Å². The summed E-state index contributed by atoms with van der Waals surface area (Å²) in [7, 11) is -1.74. The van der Waals surface area contributed by atoms with Crippen LogP contribution in [0.2, 0.25) is 19.6 Å². The van der Waals surface area contributed by atoms with Gasteiger partial charge in [0.1, 0.15) is 6.10 Å². The molecule has 0 fully saturated rings. The third-order valence-electron chi connectivity index (χ3n) is 4.43. The number of aromatic nitrogens is 2. The zero-order chi connectivity index (χ0) is 21.3. The lowest BCUT2D eigenvalue weighted by molar-refractivity contribution is 0.0590. The largest absolute Gasteiger partial charge is 0.409 e. The summed E-state index contributed by atoms with van der Waals surface area (Å²) in [5.41, 5.74) is 2.82. The Hall–Kier alpha value is -1.56. The summed E-state index contributed by atoms with van der Waals surface area (Å²) in [6.07, 6.45) is -0.712. The van der Waals surface area contributed by atoms with Gasteiger partial charge in [0.15, 0.2) is 8.32 Å². The summed E-state index contributed by atoms with van der Waals surface area (Å²) in [5.74, 6) is 0. The molecule has 0 amide bonds. The molecule has 28 heavy (non-hydrogen) atoms. The fraction of sp³-hybridized carbons (Fsp3) is 0.565. The first-order valence-corrected chi connectivity index (χ1v) is 13.4. The molecule has 0 saturated heterocycles. The Bertz CT molecular complexity index is 801. The van der Waals surface area contributed by atoms with Crippen molar-refractivity contribution in [3.05, 3.63) is 47.8 Å². The zero-order valence-corrected chi connectivity index (χ0v) is 19.9. The third kappa shape index (κ3) is 5.97.